The third kappa shape index (κ3) is 6.21. The fraction of sp³-hybridized carbons (Fsp3) is 0.167. The Morgan fingerprint density at radius 1 is 0.759 bits per heavy atom. The van der Waals surface area contributed by atoms with E-state index in [4.69, 9.17) is 5.73 Å². The molecular formula is C24H25N3O2. The zero-order chi connectivity index (χ0) is 20.5. The van der Waals surface area contributed by atoms with E-state index in [1.165, 1.54) is 5.56 Å². The van der Waals surface area contributed by atoms with Crippen molar-refractivity contribution in [3.05, 3.63) is 107 Å². The monoisotopic (exact) mass is 387 g/mol. The average Bonchev–Trinajstić information content (AvgIpc) is 2.76. The number of hydrogen-bond acceptors (Lipinski definition) is 2. The van der Waals surface area contributed by atoms with Crippen molar-refractivity contribution in [2.24, 2.45) is 5.73 Å². The lowest BCUT2D eigenvalue weighted by Crippen LogP contribution is -2.32. The maximum Gasteiger partial charge on any atom is 0.312 e. The molecule has 0 fully saturated rings. The van der Waals surface area contributed by atoms with Crippen LogP contribution in [0, 0.1) is 0 Å². The summed E-state index contributed by atoms with van der Waals surface area (Å²) < 4.78 is 0. The lowest BCUT2D eigenvalue weighted by molar-refractivity contribution is 0.0745. The number of carbonyl (C=O) groups is 2. The molecular weight excluding hydrogens is 362 g/mol. The zero-order valence-corrected chi connectivity index (χ0v) is 16.3. The minimum absolute atomic E-state index is 0.0146. The standard InChI is InChI=1S/C24H25N3O2/c25-24(29)26-17-20-11-13-22(14-12-20)23(28)27(18-21-9-5-2-6-10-21)16-15-19-7-3-1-4-8-19/h1-14H,15-18H2,(H3,25,26,29). The number of rotatable bonds is 8. The lowest BCUT2D eigenvalue weighted by Gasteiger charge is -2.23. The second kappa shape index (κ2) is 10.1. The van der Waals surface area contributed by atoms with E-state index >= 15 is 0 Å². The van der Waals surface area contributed by atoms with Crippen LogP contribution in [0.2, 0.25) is 0 Å². The van der Waals surface area contributed by atoms with Crippen LogP contribution in [0.5, 0.6) is 0 Å². The molecule has 29 heavy (non-hydrogen) atoms. The Morgan fingerprint density at radius 2 is 1.34 bits per heavy atom. The summed E-state index contributed by atoms with van der Waals surface area (Å²) in [5.41, 5.74) is 8.91. The molecule has 5 nitrogen and oxygen atoms in total. The van der Waals surface area contributed by atoms with E-state index in [0.717, 1.165) is 17.5 Å². The summed E-state index contributed by atoms with van der Waals surface area (Å²) >= 11 is 0. The lowest BCUT2D eigenvalue weighted by atomic mass is 10.1. The molecule has 0 radical (unpaired) electrons. The topological polar surface area (TPSA) is 75.4 Å². The molecule has 0 spiro atoms. The van der Waals surface area contributed by atoms with Gasteiger partial charge in [0.15, 0.2) is 0 Å². The molecule has 0 aromatic heterocycles. The Morgan fingerprint density at radius 3 is 1.93 bits per heavy atom. The van der Waals surface area contributed by atoms with Crippen molar-refractivity contribution in [1.29, 1.82) is 0 Å². The highest BCUT2D eigenvalue weighted by molar-refractivity contribution is 5.94. The van der Waals surface area contributed by atoms with E-state index < -0.39 is 6.03 Å². The Balaban J connectivity index is 1.73. The highest BCUT2D eigenvalue weighted by Crippen LogP contribution is 2.13. The van der Waals surface area contributed by atoms with Crippen LogP contribution in [0.1, 0.15) is 27.0 Å². The van der Waals surface area contributed by atoms with Crippen LogP contribution in [-0.2, 0) is 19.5 Å². The number of primary amides is 1. The zero-order valence-electron chi connectivity index (χ0n) is 16.3. The molecule has 0 atom stereocenters. The molecule has 3 rings (SSSR count). The summed E-state index contributed by atoms with van der Waals surface area (Å²) in [5, 5.41) is 2.55. The van der Waals surface area contributed by atoms with Gasteiger partial charge < -0.3 is 16.0 Å². The SMILES string of the molecule is NC(=O)NCc1ccc(C(=O)N(CCc2ccccc2)Cc2ccccc2)cc1. The van der Waals surface area contributed by atoms with E-state index in [0.29, 0.717) is 25.2 Å². The van der Waals surface area contributed by atoms with E-state index in [9.17, 15) is 9.59 Å². The highest BCUT2D eigenvalue weighted by atomic mass is 16.2. The molecule has 3 aromatic carbocycles. The van der Waals surface area contributed by atoms with Crippen molar-refractivity contribution in [1.82, 2.24) is 10.2 Å². The molecule has 0 aliphatic heterocycles. The Labute approximate surface area is 171 Å². The van der Waals surface area contributed by atoms with Gasteiger partial charge in [-0.05, 0) is 35.2 Å². The summed E-state index contributed by atoms with van der Waals surface area (Å²) in [6, 6.07) is 26.8. The van der Waals surface area contributed by atoms with Gasteiger partial charge in [0, 0.05) is 25.2 Å². The Kier molecular flexibility index (Phi) is 7.00. The summed E-state index contributed by atoms with van der Waals surface area (Å²) in [5.74, 6) is -0.0146. The molecule has 0 heterocycles. The normalized spacial score (nSPS) is 10.3. The first-order valence-electron chi connectivity index (χ1n) is 9.61. The van der Waals surface area contributed by atoms with Gasteiger partial charge >= 0.3 is 6.03 Å². The van der Waals surface area contributed by atoms with Gasteiger partial charge in [-0.15, -0.1) is 0 Å². The average molecular weight is 387 g/mol. The fourth-order valence-electron chi connectivity index (χ4n) is 3.10. The third-order valence-electron chi connectivity index (χ3n) is 4.68. The summed E-state index contributed by atoms with van der Waals surface area (Å²) in [6.07, 6.45) is 0.792. The maximum atomic E-state index is 13.2. The third-order valence-corrected chi connectivity index (χ3v) is 4.68. The first kappa shape index (κ1) is 20.1. The van der Waals surface area contributed by atoms with Gasteiger partial charge in [0.25, 0.3) is 5.91 Å². The van der Waals surface area contributed by atoms with Gasteiger partial charge in [-0.2, -0.15) is 0 Å². The first-order valence-corrected chi connectivity index (χ1v) is 9.61. The number of nitrogens with two attached hydrogens (primary N) is 1. The minimum atomic E-state index is -0.569. The smallest absolute Gasteiger partial charge is 0.312 e. The number of nitrogens with one attached hydrogen (secondary N) is 1. The Bertz CT molecular complexity index is 925. The van der Waals surface area contributed by atoms with E-state index in [1.54, 1.807) is 12.1 Å². The van der Waals surface area contributed by atoms with Crippen LogP contribution in [0.4, 0.5) is 4.79 Å². The summed E-state index contributed by atoms with van der Waals surface area (Å²) in [6.45, 7) is 1.52. The van der Waals surface area contributed by atoms with Crippen LogP contribution in [-0.4, -0.2) is 23.4 Å². The van der Waals surface area contributed by atoms with E-state index in [2.05, 4.69) is 17.4 Å². The number of amides is 3. The van der Waals surface area contributed by atoms with Crippen molar-refractivity contribution in [2.45, 2.75) is 19.5 Å². The maximum absolute atomic E-state index is 13.2. The minimum Gasteiger partial charge on any atom is -0.352 e. The number of benzene rings is 3. The van der Waals surface area contributed by atoms with Crippen molar-refractivity contribution < 1.29 is 9.59 Å². The van der Waals surface area contributed by atoms with Crippen LogP contribution in [0.25, 0.3) is 0 Å². The van der Waals surface area contributed by atoms with Crippen molar-refractivity contribution >= 4 is 11.9 Å². The molecule has 3 amide bonds. The van der Waals surface area contributed by atoms with Crippen LogP contribution < -0.4 is 11.1 Å². The molecule has 0 aliphatic carbocycles. The fourth-order valence-corrected chi connectivity index (χ4v) is 3.10. The van der Waals surface area contributed by atoms with Crippen LogP contribution >= 0.6 is 0 Å². The van der Waals surface area contributed by atoms with Crippen molar-refractivity contribution in [3.8, 4) is 0 Å². The van der Waals surface area contributed by atoms with E-state index in [1.807, 2.05) is 65.6 Å². The van der Waals surface area contributed by atoms with E-state index in [-0.39, 0.29) is 5.91 Å². The van der Waals surface area contributed by atoms with Crippen LogP contribution in [0.15, 0.2) is 84.9 Å². The predicted octanol–water partition coefficient (Wildman–Crippen LogP) is 3.74. The second-order valence-electron chi connectivity index (χ2n) is 6.86. The second-order valence-corrected chi connectivity index (χ2v) is 6.86. The van der Waals surface area contributed by atoms with Gasteiger partial charge in [-0.1, -0.05) is 72.8 Å². The molecule has 0 saturated carbocycles. The molecule has 0 unspecified atom stereocenters. The first-order chi connectivity index (χ1) is 14.1. The number of hydrogen-bond donors (Lipinski definition) is 2. The van der Waals surface area contributed by atoms with Gasteiger partial charge in [-0.25, -0.2) is 4.79 Å². The van der Waals surface area contributed by atoms with Gasteiger partial charge in [0.1, 0.15) is 0 Å². The summed E-state index contributed by atoms with van der Waals surface area (Å²) in [4.78, 5) is 25.9. The number of urea groups is 1. The van der Waals surface area contributed by atoms with Gasteiger partial charge in [0.2, 0.25) is 0 Å². The molecule has 0 saturated heterocycles. The van der Waals surface area contributed by atoms with Gasteiger partial charge in [-0.3, -0.25) is 4.79 Å². The Hall–Kier alpha value is -3.60. The molecule has 0 aliphatic rings. The predicted molar refractivity (Wildman–Crippen MR) is 114 cm³/mol. The van der Waals surface area contributed by atoms with Crippen LogP contribution in [0.3, 0.4) is 0 Å². The summed E-state index contributed by atoms with van der Waals surface area (Å²) in [7, 11) is 0. The molecule has 0 bridgehead atoms. The molecule has 3 N–H and O–H groups in total. The quantitative estimate of drug-likeness (QED) is 0.618. The largest absolute Gasteiger partial charge is 0.352 e. The van der Waals surface area contributed by atoms with Crippen molar-refractivity contribution in [2.75, 3.05) is 6.54 Å². The number of carbonyl (C=O) groups excluding carboxylic acids is 2. The van der Waals surface area contributed by atoms with Crippen molar-refractivity contribution in [3.63, 3.8) is 0 Å². The van der Waals surface area contributed by atoms with Gasteiger partial charge in [0.05, 0.1) is 0 Å². The number of nitrogens with zero attached hydrogens (tertiary/aromatic N) is 1. The molecule has 148 valence electrons. The molecule has 3 aromatic rings. The highest BCUT2D eigenvalue weighted by Gasteiger charge is 2.16. The molecule has 5 heteroatoms.